The van der Waals surface area contributed by atoms with Gasteiger partial charge in [0.25, 0.3) is 0 Å². The maximum absolute atomic E-state index is 5.34. The van der Waals surface area contributed by atoms with E-state index < -0.39 is 0 Å². The van der Waals surface area contributed by atoms with Crippen LogP contribution >= 0.6 is 0 Å². The van der Waals surface area contributed by atoms with Crippen LogP contribution in [0.4, 0.5) is 0 Å². The molecule has 0 aromatic carbocycles. The van der Waals surface area contributed by atoms with E-state index in [4.69, 9.17) is 4.52 Å². The molecule has 2 aromatic rings. The number of hydrogen-bond donors (Lipinski definition) is 1. The van der Waals surface area contributed by atoms with Crippen LogP contribution in [0.1, 0.15) is 19.7 Å². The zero-order chi connectivity index (χ0) is 13.9. The molecule has 1 saturated heterocycles. The van der Waals surface area contributed by atoms with E-state index in [0.29, 0.717) is 30.3 Å². The van der Waals surface area contributed by atoms with Gasteiger partial charge in [0.15, 0.2) is 0 Å². The second kappa shape index (κ2) is 5.68. The first-order chi connectivity index (χ1) is 9.72. The van der Waals surface area contributed by atoms with Crippen molar-refractivity contribution in [2.24, 2.45) is 0 Å². The zero-order valence-corrected chi connectivity index (χ0v) is 11.8. The van der Waals surface area contributed by atoms with Crippen LogP contribution in [0.25, 0.3) is 11.5 Å². The highest BCUT2D eigenvalue weighted by molar-refractivity contribution is 5.46. The lowest BCUT2D eigenvalue weighted by atomic mass is 10.1. The van der Waals surface area contributed by atoms with E-state index in [9.17, 15) is 0 Å². The number of nitrogens with zero attached hydrogens (tertiary/aromatic N) is 4. The molecule has 1 fully saturated rings. The highest BCUT2D eigenvalue weighted by Crippen LogP contribution is 2.15. The molecule has 0 spiro atoms. The molecule has 20 heavy (non-hydrogen) atoms. The second-order valence-electron chi connectivity index (χ2n) is 5.31. The summed E-state index contributed by atoms with van der Waals surface area (Å²) >= 11 is 0. The molecular formula is C14H19N5O. The van der Waals surface area contributed by atoms with Gasteiger partial charge in [-0.1, -0.05) is 11.2 Å². The van der Waals surface area contributed by atoms with Gasteiger partial charge >= 0.3 is 0 Å². The van der Waals surface area contributed by atoms with Crippen LogP contribution in [0, 0.1) is 0 Å². The molecule has 6 nitrogen and oxygen atoms in total. The predicted octanol–water partition coefficient (Wildman–Crippen LogP) is 1.31. The van der Waals surface area contributed by atoms with Gasteiger partial charge in [-0.25, -0.2) is 0 Å². The number of rotatable bonds is 3. The number of piperazine rings is 1. The molecule has 2 unspecified atom stereocenters. The van der Waals surface area contributed by atoms with Crippen molar-refractivity contribution in [1.29, 1.82) is 0 Å². The Labute approximate surface area is 118 Å². The van der Waals surface area contributed by atoms with Crippen molar-refractivity contribution in [2.45, 2.75) is 32.5 Å². The highest BCUT2D eigenvalue weighted by atomic mass is 16.5. The predicted molar refractivity (Wildman–Crippen MR) is 74.9 cm³/mol. The Hall–Kier alpha value is -1.79. The quantitative estimate of drug-likeness (QED) is 0.909. The summed E-state index contributed by atoms with van der Waals surface area (Å²) in [5.41, 5.74) is 0.740. The third kappa shape index (κ3) is 2.86. The lowest BCUT2D eigenvalue weighted by Crippen LogP contribution is -2.53. The summed E-state index contributed by atoms with van der Waals surface area (Å²) in [6, 6.07) is 6.62. The molecule has 0 aliphatic carbocycles. The second-order valence-corrected chi connectivity index (χ2v) is 5.31. The van der Waals surface area contributed by atoms with Crippen molar-refractivity contribution < 1.29 is 4.52 Å². The van der Waals surface area contributed by atoms with Crippen LogP contribution in [-0.4, -0.2) is 45.2 Å². The van der Waals surface area contributed by atoms with E-state index in [0.717, 1.165) is 18.8 Å². The highest BCUT2D eigenvalue weighted by Gasteiger charge is 2.24. The normalized spacial score (nSPS) is 23.9. The molecular weight excluding hydrogens is 254 g/mol. The van der Waals surface area contributed by atoms with Crippen molar-refractivity contribution in [1.82, 2.24) is 25.3 Å². The maximum atomic E-state index is 5.34. The van der Waals surface area contributed by atoms with Gasteiger partial charge < -0.3 is 9.84 Å². The fourth-order valence-electron chi connectivity index (χ4n) is 2.41. The van der Waals surface area contributed by atoms with Crippen molar-refractivity contribution in [3.63, 3.8) is 0 Å². The van der Waals surface area contributed by atoms with Crippen LogP contribution in [0.5, 0.6) is 0 Å². The molecule has 3 rings (SSSR count). The lowest BCUT2D eigenvalue weighted by molar-refractivity contribution is 0.123. The summed E-state index contributed by atoms with van der Waals surface area (Å²) in [5, 5.41) is 7.47. The first-order valence-electron chi connectivity index (χ1n) is 6.94. The van der Waals surface area contributed by atoms with Gasteiger partial charge in [0.1, 0.15) is 5.69 Å². The van der Waals surface area contributed by atoms with Gasteiger partial charge in [-0.15, -0.1) is 0 Å². The smallest absolute Gasteiger partial charge is 0.241 e. The topological polar surface area (TPSA) is 67.1 Å². The Morgan fingerprint density at radius 2 is 2.30 bits per heavy atom. The minimum absolute atomic E-state index is 0.469. The first kappa shape index (κ1) is 13.2. The summed E-state index contributed by atoms with van der Waals surface area (Å²) < 4.78 is 5.34. The molecule has 2 aromatic heterocycles. The van der Waals surface area contributed by atoms with Crippen molar-refractivity contribution in [3.8, 4) is 11.5 Å². The zero-order valence-electron chi connectivity index (χ0n) is 11.8. The third-order valence-corrected chi connectivity index (χ3v) is 3.59. The lowest BCUT2D eigenvalue weighted by Gasteiger charge is -2.36. The molecule has 106 valence electrons. The molecule has 6 heteroatoms. The summed E-state index contributed by atoms with van der Waals surface area (Å²) in [5.74, 6) is 1.20. The molecule has 2 atom stereocenters. The average molecular weight is 273 g/mol. The van der Waals surface area contributed by atoms with Gasteiger partial charge in [0, 0.05) is 31.4 Å². The SMILES string of the molecule is CC1CN(Cc2nc(-c3ccccn3)no2)C(C)CN1. The summed E-state index contributed by atoms with van der Waals surface area (Å²) in [4.78, 5) is 11.0. The van der Waals surface area contributed by atoms with E-state index in [-0.39, 0.29) is 0 Å². The third-order valence-electron chi connectivity index (χ3n) is 3.59. The Morgan fingerprint density at radius 1 is 1.40 bits per heavy atom. The van der Waals surface area contributed by atoms with E-state index >= 15 is 0 Å². The number of nitrogens with one attached hydrogen (secondary N) is 1. The molecule has 3 heterocycles. The summed E-state index contributed by atoms with van der Waals surface area (Å²) in [7, 11) is 0. The molecule has 0 amide bonds. The van der Waals surface area contributed by atoms with E-state index in [2.05, 4.69) is 39.2 Å². The van der Waals surface area contributed by atoms with Crippen LogP contribution < -0.4 is 5.32 Å². The standard InChI is InChI=1S/C14H19N5O/c1-10-8-19(11(2)7-16-10)9-13-17-14(18-20-13)12-5-3-4-6-15-12/h3-6,10-11,16H,7-9H2,1-2H3. The molecule has 1 N–H and O–H groups in total. The van der Waals surface area contributed by atoms with Crippen LogP contribution in [0.15, 0.2) is 28.9 Å². The molecule has 1 aliphatic heterocycles. The van der Waals surface area contributed by atoms with Crippen LogP contribution in [0.3, 0.4) is 0 Å². The van der Waals surface area contributed by atoms with Crippen LogP contribution in [-0.2, 0) is 6.54 Å². The van der Waals surface area contributed by atoms with Crippen LogP contribution in [0.2, 0.25) is 0 Å². The molecule has 0 bridgehead atoms. The van der Waals surface area contributed by atoms with Gasteiger partial charge in [0.05, 0.1) is 6.54 Å². The van der Waals surface area contributed by atoms with Gasteiger partial charge in [0.2, 0.25) is 11.7 Å². The maximum Gasteiger partial charge on any atom is 0.241 e. The molecule has 0 saturated carbocycles. The first-order valence-corrected chi connectivity index (χ1v) is 6.94. The number of pyridine rings is 1. The van der Waals surface area contributed by atoms with Gasteiger partial charge in [-0.2, -0.15) is 4.98 Å². The van der Waals surface area contributed by atoms with E-state index in [1.807, 2.05) is 18.2 Å². The molecule has 1 aliphatic rings. The Balaban J connectivity index is 1.71. The van der Waals surface area contributed by atoms with Gasteiger partial charge in [-0.3, -0.25) is 9.88 Å². The average Bonchev–Trinajstić information content (AvgIpc) is 2.92. The van der Waals surface area contributed by atoms with Crippen molar-refractivity contribution in [3.05, 3.63) is 30.3 Å². The summed E-state index contributed by atoms with van der Waals surface area (Å²) in [6.45, 7) is 7.05. The number of aromatic nitrogens is 3. The van der Waals surface area contributed by atoms with E-state index in [1.165, 1.54) is 0 Å². The Kier molecular flexibility index (Phi) is 3.75. The summed E-state index contributed by atoms with van der Waals surface area (Å²) in [6.07, 6.45) is 1.73. The fourth-order valence-corrected chi connectivity index (χ4v) is 2.41. The van der Waals surface area contributed by atoms with Crippen molar-refractivity contribution >= 4 is 0 Å². The largest absolute Gasteiger partial charge is 0.337 e. The molecule has 0 radical (unpaired) electrons. The Morgan fingerprint density at radius 3 is 3.10 bits per heavy atom. The van der Waals surface area contributed by atoms with Crippen molar-refractivity contribution in [2.75, 3.05) is 13.1 Å². The Bertz CT molecular complexity index is 556. The number of hydrogen-bond acceptors (Lipinski definition) is 6. The van der Waals surface area contributed by atoms with E-state index in [1.54, 1.807) is 6.20 Å². The minimum Gasteiger partial charge on any atom is -0.337 e. The monoisotopic (exact) mass is 273 g/mol. The fraction of sp³-hybridized carbons (Fsp3) is 0.500. The minimum atomic E-state index is 0.469. The van der Waals surface area contributed by atoms with Gasteiger partial charge in [-0.05, 0) is 26.0 Å².